The van der Waals surface area contributed by atoms with Crippen molar-refractivity contribution in [3.63, 3.8) is 0 Å². The molecule has 2 rings (SSSR count). The van der Waals surface area contributed by atoms with Gasteiger partial charge in [0.15, 0.2) is 0 Å². The predicted molar refractivity (Wildman–Crippen MR) is 97.0 cm³/mol. The molecule has 1 aromatic heterocycles. The van der Waals surface area contributed by atoms with Crippen LogP contribution in [0, 0.1) is 0 Å². The molecule has 1 aliphatic rings. The Morgan fingerprint density at radius 1 is 1.24 bits per heavy atom. The maximum atomic E-state index is 13.0. The molecular formula is C19H31N3O3. The number of likely N-dealkylation sites (N-methyl/N-ethyl adjacent to an activating group) is 1. The zero-order valence-corrected chi connectivity index (χ0v) is 15.6. The van der Waals surface area contributed by atoms with Crippen LogP contribution in [0.5, 0.6) is 0 Å². The van der Waals surface area contributed by atoms with E-state index in [1.54, 1.807) is 12.3 Å². The second kappa shape index (κ2) is 9.04. The van der Waals surface area contributed by atoms with Gasteiger partial charge in [-0.3, -0.25) is 14.9 Å². The molecular weight excluding hydrogens is 318 g/mol. The van der Waals surface area contributed by atoms with Gasteiger partial charge in [0.1, 0.15) is 5.76 Å². The number of carbonyl (C=O) groups excluding carboxylic acids is 2. The molecule has 2 N–H and O–H groups in total. The third-order valence-electron chi connectivity index (χ3n) is 5.10. The average Bonchev–Trinajstić information content (AvgIpc) is 3.16. The van der Waals surface area contributed by atoms with E-state index in [4.69, 9.17) is 4.42 Å². The lowest BCUT2D eigenvalue weighted by atomic mass is 9.80. The van der Waals surface area contributed by atoms with Crippen molar-refractivity contribution in [2.45, 2.75) is 64.5 Å². The summed E-state index contributed by atoms with van der Waals surface area (Å²) in [4.78, 5) is 27.2. The first-order valence-electron chi connectivity index (χ1n) is 9.39. The summed E-state index contributed by atoms with van der Waals surface area (Å²) < 4.78 is 5.31. The van der Waals surface area contributed by atoms with Gasteiger partial charge in [0.05, 0.1) is 24.4 Å². The van der Waals surface area contributed by atoms with Gasteiger partial charge in [-0.25, -0.2) is 0 Å². The molecule has 6 heteroatoms. The Hall–Kier alpha value is -1.82. The number of hydrogen-bond acceptors (Lipinski definition) is 4. The van der Waals surface area contributed by atoms with E-state index in [2.05, 4.69) is 10.6 Å². The summed E-state index contributed by atoms with van der Waals surface area (Å²) in [5.41, 5.74) is -0.602. The molecule has 1 atom stereocenters. The van der Waals surface area contributed by atoms with E-state index in [9.17, 15) is 9.59 Å². The molecule has 140 valence electrons. The second-order valence-electron chi connectivity index (χ2n) is 6.78. The van der Waals surface area contributed by atoms with Crippen molar-refractivity contribution in [1.82, 2.24) is 15.5 Å². The van der Waals surface area contributed by atoms with Crippen LogP contribution in [0.3, 0.4) is 0 Å². The van der Waals surface area contributed by atoms with Crippen LogP contribution in [0.15, 0.2) is 22.8 Å². The van der Waals surface area contributed by atoms with Gasteiger partial charge in [-0.15, -0.1) is 0 Å². The summed E-state index contributed by atoms with van der Waals surface area (Å²) >= 11 is 0. The van der Waals surface area contributed by atoms with Gasteiger partial charge in [0.25, 0.3) is 0 Å². The van der Waals surface area contributed by atoms with E-state index in [-0.39, 0.29) is 24.4 Å². The van der Waals surface area contributed by atoms with E-state index in [0.717, 1.165) is 37.9 Å². The highest BCUT2D eigenvalue weighted by molar-refractivity contribution is 5.87. The molecule has 1 fully saturated rings. The van der Waals surface area contributed by atoms with Crippen LogP contribution in [0.2, 0.25) is 0 Å². The minimum absolute atomic E-state index is 0.124. The summed E-state index contributed by atoms with van der Waals surface area (Å²) in [6.07, 6.45) is 6.37. The summed E-state index contributed by atoms with van der Waals surface area (Å²) in [5, 5.41) is 6.22. The number of carbonyl (C=O) groups is 2. The van der Waals surface area contributed by atoms with Crippen molar-refractivity contribution < 1.29 is 14.0 Å². The number of amides is 2. The van der Waals surface area contributed by atoms with Crippen LogP contribution < -0.4 is 10.6 Å². The molecule has 0 bridgehead atoms. The van der Waals surface area contributed by atoms with E-state index in [1.165, 1.54) is 0 Å². The summed E-state index contributed by atoms with van der Waals surface area (Å²) in [5.74, 6) is 0.727. The second-order valence-corrected chi connectivity index (χ2v) is 6.78. The van der Waals surface area contributed by atoms with Gasteiger partial charge < -0.3 is 14.6 Å². The van der Waals surface area contributed by atoms with Crippen molar-refractivity contribution in [1.29, 1.82) is 0 Å². The highest BCUT2D eigenvalue weighted by Crippen LogP contribution is 2.30. The molecule has 0 saturated heterocycles. The molecule has 0 spiro atoms. The quantitative estimate of drug-likeness (QED) is 0.756. The van der Waals surface area contributed by atoms with Crippen LogP contribution in [-0.4, -0.2) is 41.9 Å². The van der Waals surface area contributed by atoms with Gasteiger partial charge in [-0.05, 0) is 45.7 Å². The Morgan fingerprint density at radius 2 is 1.92 bits per heavy atom. The molecule has 1 heterocycles. The first-order chi connectivity index (χ1) is 12.0. The molecule has 2 amide bonds. The van der Waals surface area contributed by atoms with Crippen molar-refractivity contribution in [2.75, 3.05) is 19.6 Å². The van der Waals surface area contributed by atoms with Gasteiger partial charge in [-0.2, -0.15) is 0 Å². The van der Waals surface area contributed by atoms with Crippen molar-refractivity contribution in [2.24, 2.45) is 0 Å². The average molecular weight is 349 g/mol. The standard InChI is InChI=1S/C19H31N3O3/c1-4-22(5-2)18(24)19(11-7-6-8-12-19)20-14-17(23)21-15(3)16-10-9-13-25-16/h9-10,13,15,20H,4-8,11-12,14H2,1-3H3,(H,21,23). The maximum absolute atomic E-state index is 13.0. The monoisotopic (exact) mass is 349 g/mol. The molecule has 6 nitrogen and oxygen atoms in total. The van der Waals surface area contributed by atoms with E-state index in [0.29, 0.717) is 13.1 Å². The number of furan rings is 1. The predicted octanol–water partition coefficient (Wildman–Crippen LogP) is 2.62. The largest absolute Gasteiger partial charge is 0.467 e. The minimum atomic E-state index is -0.602. The zero-order chi connectivity index (χ0) is 18.3. The fraction of sp³-hybridized carbons (Fsp3) is 0.684. The van der Waals surface area contributed by atoms with Crippen LogP contribution in [-0.2, 0) is 9.59 Å². The fourth-order valence-corrected chi connectivity index (χ4v) is 3.59. The SMILES string of the molecule is CCN(CC)C(=O)C1(NCC(=O)NC(C)c2ccco2)CCCCC1. The third-order valence-corrected chi connectivity index (χ3v) is 5.10. The van der Waals surface area contributed by atoms with Gasteiger partial charge in [0, 0.05) is 13.1 Å². The fourth-order valence-electron chi connectivity index (χ4n) is 3.59. The number of rotatable bonds is 8. The lowest BCUT2D eigenvalue weighted by Crippen LogP contribution is -2.60. The highest BCUT2D eigenvalue weighted by atomic mass is 16.3. The summed E-state index contributed by atoms with van der Waals surface area (Å²) in [7, 11) is 0. The summed E-state index contributed by atoms with van der Waals surface area (Å²) in [6.45, 7) is 7.40. The highest BCUT2D eigenvalue weighted by Gasteiger charge is 2.41. The Bertz CT molecular complexity index is 546. The van der Waals surface area contributed by atoms with E-state index < -0.39 is 5.54 Å². The van der Waals surface area contributed by atoms with Crippen LogP contribution in [0.1, 0.15) is 64.7 Å². The Morgan fingerprint density at radius 3 is 2.48 bits per heavy atom. The Balaban J connectivity index is 1.97. The van der Waals surface area contributed by atoms with Crippen LogP contribution in [0.4, 0.5) is 0 Å². The Labute approximate surface area is 150 Å². The van der Waals surface area contributed by atoms with Gasteiger partial charge in [-0.1, -0.05) is 19.3 Å². The first kappa shape index (κ1) is 19.5. The molecule has 0 aliphatic heterocycles. The normalized spacial score (nSPS) is 17.7. The molecule has 0 radical (unpaired) electrons. The third kappa shape index (κ3) is 4.84. The maximum Gasteiger partial charge on any atom is 0.242 e. The van der Waals surface area contributed by atoms with Crippen molar-refractivity contribution in [3.05, 3.63) is 24.2 Å². The zero-order valence-electron chi connectivity index (χ0n) is 15.6. The molecule has 0 aromatic carbocycles. The molecule has 1 unspecified atom stereocenters. The summed E-state index contributed by atoms with van der Waals surface area (Å²) in [6, 6.07) is 3.45. The molecule has 25 heavy (non-hydrogen) atoms. The van der Waals surface area contributed by atoms with E-state index in [1.807, 2.05) is 31.7 Å². The van der Waals surface area contributed by atoms with Crippen LogP contribution in [0.25, 0.3) is 0 Å². The number of nitrogens with zero attached hydrogens (tertiary/aromatic N) is 1. The van der Waals surface area contributed by atoms with Gasteiger partial charge >= 0.3 is 0 Å². The van der Waals surface area contributed by atoms with Crippen molar-refractivity contribution in [3.8, 4) is 0 Å². The number of nitrogens with one attached hydrogen (secondary N) is 2. The molecule has 1 aromatic rings. The topological polar surface area (TPSA) is 74.6 Å². The lowest BCUT2D eigenvalue weighted by Gasteiger charge is -2.40. The Kier molecular flexibility index (Phi) is 7.05. The van der Waals surface area contributed by atoms with Gasteiger partial charge in [0.2, 0.25) is 11.8 Å². The minimum Gasteiger partial charge on any atom is -0.467 e. The molecule has 1 aliphatic carbocycles. The molecule has 1 saturated carbocycles. The smallest absolute Gasteiger partial charge is 0.242 e. The lowest BCUT2D eigenvalue weighted by molar-refractivity contribution is -0.139. The van der Waals surface area contributed by atoms with Crippen LogP contribution >= 0.6 is 0 Å². The first-order valence-corrected chi connectivity index (χ1v) is 9.39. The van der Waals surface area contributed by atoms with E-state index >= 15 is 0 Å². The van der Waals surface area contributed by atoms with Crippen molar-refractivity contribution >= 4 is 11.8 Å². The number of hydrogen-bond donors (Lipinski definition) is 2.